The molecule has 0 bridgehead atoms. The van der Waals surface area contributed by atoms with Gasteiger partial charge in [0.2, 0.25) is 5.91 Å². The van der Waals surface area contributed by atoms with Gasteiger partial charge in [0.15, 0.2) is 6.61 Å². The molecule has 2 N–H and O–H groups in total. The smallest absolute Gasteiger partial charge is 0.306 e. The van der Waals surface area contributed by atoms with Gasteiger partial charge in [-0.15, -0.1) is 0 Å². The molecule has 7 heteroatoms. The molecule has 142 valence electrons. The van der Waals surface area contributed by atoms with Crippen LogP contribution in [-0.2, 0) is 19.1 Å². The molecule has 0 radical (unpaired) electrons. The van der Waals surface area contributed by atoms with Crippen molar-refractivity contribution in [1.82, 2.24) is 0 Å². The van der Waals surface area contributed by atoms with Crippen molar-refractivity contribution >= 4 is 40.8 Å². The molecule has 0 saturated carbocycles. The maximum absolute atomic E-state index is 12.0. The summed E-state index contributed by atoms with van der Waals surface area (Å²) < 4.78 is 4.89. The quantitative estimate of drug-likeness (QED) is 0.705. The summed E-state index contributed by atoms with van der Waals surface area (Å²) in [5, 5.41) is 5.85. The summed E-state index contributed by atoms with van der Waals surface area (Å²) >= 11 is 5.83. The first-order valence-electron chi connectivity index (χ1n) is 8.42. The van der Waals surface area contributed by atoms with E-state index in [1.54, 1.807) is 24.3 Å². The van der Waals surface area contributed by atoms with Crippen LogP contribution < -0.4 is 10.6 Å². The predicted octanol–water partition coefficient (Wildman–Crippen LogP) is 3.86. The number of rotatable bonds is 7. The minimum atomic E-state index is -0.618. The lowest BCUT2D eigenvalue weighted by Crippen LogP contribution is -2.22. The number of hydrogen-bond donors (Lipinski definition) is 2. The van der Waals surface area contributed by atoms with Crippen molar-refractivity contribution in [3.05, 3.63) is 58.6 Å². The number of hydrogen-bond acceptors (Lipinski definition) is 4. The highest BCUT2D eigenvalue weighted by Crippen LogP contribution is 2.19. The lowest BCUT2D eigenvalue weighted by atomic mass is 10.1. The molecule has 0 aliphatic heterocycles. The summed E-state index contributed by atoms with van der Waals surface area (Å²) in [6.45, 7) is 3.37. The molecule has 2 rings (SSSR count). The molecule has 2 aromatic carbocycles. The molecule has 0 atom stereocenters. The largest absolute Gasteiger partial charge is 0.456 e. The maximum atomic E-state index is 12.0. The van der Waals surface area contributed by atoms with Crippen LogP contribution in [0.3, 0.4) is 0 Å². The van der Waals surface area contributed by atoms with Crippen LogP contribution in [0.25, 0.3) is 0 Å². The summed E-state index contributed by atoms with van der Waals surface area (Å²) in [6.07, 6.45) is -0.135. The van der Waals surface area contributed by atoms with Crippen LogP contribution in [0.2, 0.25) is 5.02 Å². The van der Waals surface area contributed by atoms with E-state index in [2.05, 4.69) is 10.6 Å². The van der Waals surface area contributed by atoms with E-state index in [4.69, 9.17) is 16.3 Å². The highest BCUT2D eigenvalue weighted by molar-refractivity contribution is 6.30. The molecule has 0 spiro atoms. The van der Waals surface area contributed by atoms with Crippen LogP contribution in [0.4, 0.5) is 11.4 Å². The minimum Gasteiger partial charge on any atom is -0.456 e. The van der Waals surface area contributed by atoms with E-state index in [-0.39, 0.29) is 18.7 Å². The fourth-order valence-corrected chi connectivity index (χ4v) is 2.60. The van der Waals surface area contributed by atoms with Gasteiger partial charge in [0, 0.05) is 22.8 Å². The van der Waals surface area contributed by atoms with E-state index in [1.165, 1.54) is 0 Å². The van der Waals surface area contributed by atoms with Crippen molar-refractivity contribution in [3.8, 4) is 0 Å². The molecule has 0 heterocycles. The van der Waals surface area contributed by atoms with E-state index in [0.717, 1.165) is 16.8 Å². The molecule has 0 aromatic heterocycles. The van der Waals surface area contributed by atoms with Crippen LogP contribution in [-0.4, -0.2) is 24.4 Å². The Hall–Kier alpha value is -2.86. The first kappa shape index (κ1) is 20.5. The van der Waals surface area contributed by atoms with E-state index >= 15 is 0 Å². The normalized spacial score (nSPS) is 10.2. The third-order valence-corrected chi connectivity index (χ3v) is 4.01. The maximum Gasteiger partial charge on any atom is 0.306 e. The summed E-state index contributed by atoms with van der Waals surface area (Å²) in [7, 11) is 0. The van der Waals surface area contributed by atoms with Crippen molar-refractivity contribution in [2.45, 2.75) is 26.7 Å². The van der Waals surface area contributed by atoms with Crippen molar-refractivity contribution in [2.24, 2.45) is 0 Å². The number of amides is 2. The second-order valence-electron chi connectivity index (χ2n) is 6.03. The summed E-state index contributed by atoms with van der Waals surface area (Å²) in [5.74, 6) is -1.38. The Kier molecular flexibility index (Phi) is 7.37. The average Bonchev–Trinajstić information content (AvgIpc) is 2.61. The molecule has 27 heavy (non-hydrogen) atoms. The third kappa shape index (κ3) is 6.75. The number of halogens is 1. The Morgan fingerprint density at radius 1 is 0.926 bits per heavy atom. The summed E-state index contributed by atoms with van der Waals surface area (Å²) in [5.41, 5.74) is 3.15. The van der Waals surface area contributed by atoms with Gasteiger partial charge in [-0.05, 0) is 43.2 Å². The minimum absolute atomic E-state index is 0.0253. The van der Waals surface area contributed by atoms with Gasteiger partial charge in [-0.25, -0.2) is 0 Å². The van der Waals surface area contributed by atoms with Gasteiger partial charge in [0.1, 0.15) is 0 Å². The highest BCUT2D eigenvalue weighted by Gasteiger charge is 2.12. The number of ether oxygens (including phenoxy) is 1. The Morgan fingerprint density at radius 3 is 2.26 bits per heavy atom. The number of carbonyl (C=O) groups is 3. The Bertz CT molecular complexity index is 831. The zero-order valence-electron chi connectivity index (χ0n) is 15.2. The van der Waals surface area contributed by atoms with Gasteiger partial charge in [0.25, 0.3) is 5.91 Å². The molecular weight excluding hydrogens is 368 g/mol. The Balaban J connectivity index is 1.72. The molecule has 2 amide bonds. The fraction of sp³-hybridized carbons (Fsp3) is 0.250. The second-order valence-corrected chi connectivity index (χ2v) is 6.47. The SMILES string of the molecule is Cc1cccc(C)c1NC(=O)CCC(=O)OCC(=O)Nc1cccc(Cl)c1. The van der Waals surface area contributed by atoms with Gasteiger partial charge in [-0.1, -0.05) is 35.9 Å². The van der Waals surface area contributed by atoms with Crippen molar-refractivity contribution in [1.29, 1.82) is 0 Å². The standard InChI is InChI=1S/C20H21ClN2O4/c1-13-5-3-6-14(2)20(13)23-17(24)9-10-19(26)27-12-18(25)22-16-8-4-7-15(21)11-16/h3-8,11H,9-10,12H2,1-2H3,(H,22,25)(H,23,24). The number of anilines is 2. The molecular formula is C20H21ClN2O4. The van der Waals surface area contributed by atoms with E-state index in [9.17, 15) is 14.4 Å². The summed E-state index contributed by atoms with van der Waals surface area (Å²) in [4.78, 5) is 35.5. The van der Waals surface area contributed by atoms with Crippen LogP contribution in [0.15, 0.2) is 42.5 Å². The lowest BCUT2D eigenvalue weighted by molar-refractivity contribution is -0.147. The first-order chi connectivity index (χ1) is 12.8. The molecule has 2 aromatic rings. The van der Waals surface area contributed by atoms with Crippen LogP contribution in [0.1, 0.15) is 24.0 Å². The molecule has 6 nitrogen and oxygen atoms in total. The molecule has 0 aliphatic carbocycles. The number of benzene rings is 2. The predicted molar refractivity (Wildman–Crippen MR) is 105 cm³/mol. The van der Waals surface area contributed by atoms with Crippen molar-refractivity contribution < 1.29 is 19.1 Å². The number of carbonyl (C=O) groups excluding carboxylic acids is 3. The topological polar surface area (TPSA) is 84.5 Å². The number of aryl methyl sites for hydroxylation is 2. The van der Waals surface area contributed by atoms with Crippen molar-refractivity contribution in [3.63, 3.8) is 0 Å². The molecule has 0 aliphatic rings. The van der Waals surface area contributed by atoms with E-state index in [0.29, 0.717) is 10.7 Å². The lowest BCUT2D eigenvalue weighted by Gasteiger charge is -2.11. The van der Waals surface area contributed by atoms with Crippen molar-refractivity contribution in [2.75, 3.05) is 17.2 Å². The first-order valence-corrected chi connectivity index (χ1v) is 8.80. The monoisotopic (exact) mass is 388 g/mol. The van der Waals surface area contributed by atoms with Gasteiger partial charge in [0.05, 0.1) is 6.42 Å². The number of para-hydroxylation sites is 1. The van der Waals surface area contributed by atoms with Crippen LogP contribution >= 0.6 is 11.6 Å². The van der Waals surface area contributed by atoms with Crippen LogP contribution in [0, 0.1) is 13.8 Å². The van der Waals surface area contributed by atoms with Gasteiger partial charge < -0.3 is 15.4 Å². The van der Waals surface area contributed by atoms with Crippen LogP contribution in [0.5, 0.6) is 0 Å². The van der Waals surface area contributed by atoms with Gasteiger partial charge >= 0.3 is 5.97 Å². The molecule has 0 unspecified atom stereocenters. The Labute approximate surface area is 162 Å². The van der Waals surface area contributed by atoms with E-state index < -0.39 is 18.5 Å². The Morgan fingerprint density at radius 2 is 1.59 bits per heavy atom. The fourth-order valence-electron chi connectivity index (χ4n) is 2.41. The third-order valence-electron chi connectivity index (χ3n) is 3.77. The molecule has 0 saturated heterocycles. The highest BCUT2D eigenvalue weighted by atomic mass is 35.5. The second kappa shape index (κ2) is 9.73. The zero-order chi connectivity index (χ0) is 19.8. The van der Waals surface area contributed by atoms with Gasteiger partial charge in [-0.2, -0.15) is 0 Å². The zero-order valence-corrected chi connectivity index (χ0v) is 15.9. The molecule has 0 fully saturated rings. The van der Waals surface area contributed by atoms with Gasteiger partial charge in [-0.3, -0.25) is 14.4 Å². The number of esters is 1. The number of nitrogens with one attached hydrogen (secondary N) is 2. The summed E-state index contributed by atoms with van der Waals surface area (Å²) in [6, 6.07) is 12.3. The van der Waals surface area contributed by atoms with E-state index in [1.807, 2.05) is 32.0 Å². The average molecular weight is 389 g/mol.